The molecule has 5 nitrogen and oxygen atoms in total. The maximum absolute atomic E-state index is 12.4. The van der Waals surface area contributed by atoms with Crippen LogP contribution in [0.5, 0.6) is 0 Å². The second-order valence-electron chi connectivity index (χ2n) is 4.20. The first-order valence-electron chi connectivity index (χ1n) is 6.06. The van der Waals surface area contributed by atoms with Gasteiger partial charge in [0.05, 0.1) is 12.1 Å². The van der Waals surface area contributed by atoms with Gasteiger partial charge >= 0.3 is 11.7 Å². The number of nitrogens with zero attached hydrogens (tertiary/aromatic N) is 2. The van der Waals surface area contributed by atoms with E-state index in [1.54, 1.807) is 0 Å². The van der Waals surface area contributed by atoms with Gasteiger partial charge in [0.1, 0.15) is 0 Å². The number of hydrogen-bond acceptors (Lipinski definition) is 3. The molecule has 98 valence electrons. The Labute approximate surface area is 110 Å². The lowest BCUT2D eigenvalue weighted by molar-refractivity contribution is -0.390. The average molecular weight is 258 g/mol. The highest BCUT2D eigenvalue weighted by Gasteiger charge is 2.27. The Bertz CT molecular complexity index is 590. The number of aromatic nitrogens is 1. The van der Waals surface area contributed by atoms with Crippen LogP contribution in [-0.4, -0.2) is 15.4 Å². The minimum absolute atomic E-state index is 0.195. The summed E-state index contributed by atoms with van der Waals surface area (Å²) in [6.45, 7) is 1.89. The normalized spacial score (nSPS) is 12.1. The molecule has 1 aromatic carbocycles. The first-order valence-corrected chi connectivity index (χ1v) is 6.06. The van der Waals surface area contributed by atoms with Crippen LogP contribution in [0, 0.1) is 10.1 Å². The predicted molar refractivity (Wildman–Crippen MR) is 71.2 cm³/mol. The van der Waals surface area contributed by atoms with Gasteiger partial charge in [-0.1, -0.05) is 37.3 Å². The largest absolute Gasteiger partial charge is 0.358 e. The zero-order valence-electron chi connectivity index (χ0n) is 10.5. The van der Waals surface area contributed by atoms with Crippen LogP contribution in [-0.2, 0) is 0 Å². The molecule has 0 spiro atoms. The van der Waals surface area contributed by atoms with E-state index in [1.165, 1.54) is 18.3 Å². The number of carbonyl (C=O) groups excluding carboxylic acids is 1. The Kier molecular flexibility index (Phi) is 3.75. The van der Waals surface area contributed by atoms with Gasteiger partial charge < -0.3 is 10.1 Å². The molecule has 5 heteroatoms. The highest BCUT2D eigenvalue weighted by atomic mass is 16.6. The fraction of sp³-hybridized carbons (Fsp3) is 0.214. The Morgan fingerprint density at radius 3 is 2.53 bits per heavy atom. The topological polar surface area (TPSA) is 65.1 Å². The van der Waals surface area contributed by atoms with Gasteiger partial charge in [-0.15, -0.1) is 0 Å². The lowest BCUT2D eigenvalue weighted by Gasteiger charge is -2.12. The highest BCUT2D eigenvalue weighted by Crippen LogP contribution is 2.24. The maximum Gasteiger partial charge on any atom is 0.330 e. The summed E-state index contributed by atoms with van der Waals surface area (Å²) < 4.78 is 1.11. The molecule has 0 bridgehead atoms. The average Bonchev–Trinajstić information content (AvgIpc) is 2.90. The van der Waals surface area contributed by atoms with Crippen molar-refractivity contribution >= 4 is 11.7 Å². The zero-order valence-corrected chi connectivity index (χ0v) is 10.5. The minimum atomic E-state index is -0.546. The Balaban J connectivity index is 2.37. The molecule has 0 unspecified atom stereocenters. The van der Waals surface area contributed by atoms with Gasteiger partial charge in [-0.05, 0) is 23.0 Å². The molecule has 1 aromatic heterocycles. The summed E-state index contributed by atoms with van der Waals surface area (Å²) in [6.07, 6.45) is 2.03. The monoisotopic (exact) mass is 258 g/mol. The fourth-order valence-electron chi connectivity index (χ4n) is 2.11. The Morgan fingerprint density at radius 2 is 1.95 bits per heavy atom. The summed E-state index contributed by atoms with van der Waals surface area (Å²) in [5, 5.41) is 10.9. The van der Waals surface area contributed by atoms with E-state index >= 15 is 0 Å². The number of carbonyl (C=O) groups is 1. The second-order valence-corrected chi connectivity index (χ2v) is 4.20. The molecule has 0 fully saturated rings. The van der Waals surface area contributed by atoms with Crippen LogP contribution in [0.25, 0.3) is 0 Å². The third-order valence-electron chi connectivity index (χ3n) is 3.06. The van der Waals surface area contributed by atoms with Crippen LogP contribution in [0.15, 0.2) is 48.7 Å². The molecule has 0 aliphatic rings. The van der Waals surface area contributed by atoms with E-state index in [0.29, 0.717) is 6.42 Å². The summed E-state index contributed by atoms with van der Waals surface area (Å²) in [5.74, 6) is -0.836. The summed E-state index contributed by atoms with van der Waals surface area (Å²) in [7, 11) is 0. The van der Waals surface area contributed by atoms with E-state index in [-0.39, 0.29) is 17.6 Å². The van der Waals surface area contributed by atoms with Crippen LogP contribution in [0.4, 0.5) is 5.82 Å². The Morgan fingerprint density at radius 1 is 1.26 bits per heavy atom. The van der Waals surface area contributed by atoms with Crippen molar-refractivity contribution in [1.82, 2.24) is 4.57 Å². The van der Waals surface area contributed by atoms with Gasteiger partial charge in [0.25, 0.3) is 0 Å². The first-order chi connectivity index (χ1) is 9.15. The van der Waals surface area contributed by atoms with Crippen LogP contribution < -0.4 is 0 Å². The molecule has 0 saturated carbocycles. The van der Waals surface area contributed by atoms with Crippen LogP contribution >= 0.6 is 0 Å². The van der Waals surface area contributed by atoms with Crippen molar-refractivity contribution in [3.05, 3.63) is 64.3 Å². The lowest BCUT2D eigenvalue weighted by Crippen LogP contribution is -2.20. The molecule has 0 amide bonds. The molecule has 1 heterocycles. The number of rotatable bonds is 4. The molecular weight excluding hydrogens is 244 g/mol. The Hall–Kier alpha value is -2.43. The lowest BCUT2D eigenvalue weighted by atomic mass is 9.95. The first kappa shape index (κ1) is 13.0. The molecule has 0 N–H and O–H groups in total. The van der Waals surface area contributed by atoms with E-state index < -0.39 is 4.92 Å². The van der Waals surface area contributed by atoms with Gasteiger partial charge in [-0.2, -0.15) is 4.57 Å². The molecule has 2 rings (SSSR count). The van der Waals surface area contributed by atoms with E-state index in [9.17, 15) is 14.9 Å². The molecule has 0 radical (unpaired) electrons. The number of nitro groups is 1. The van der Waals surface area contributed by atoms with Crippen molar-refractivity contribution in [3.63, 3.8) is 0 Å². The van der Waals surface area contributed by atoms with Gasteiger partial charge in [0.15, 0.2) is 0 Å². The van der Waals surface area contributed by atoms with E-state index in [4.69, 9.17) is 0 Å². The van der Waals surface area contributed by atoms with Crippen LogP contribution in [0.1, 0.15) is 29.6 Å². The third-order valence-corrected chi connectivity index (χ3v) is 3.06. The molecule has 1 atom stereocenters. The molecule has 2 aromatic rings. The molecule has 19 heavy (non-hydrogen) atoms. The molecule has 0 aliphatic heterocycles. The van der Waals surface area contributed by atoms with Crippen molar-refractivity contribution < 1.29 is 9.72 Å². The predicted octanol–water partition coefficient (Wildman–Crippen LogP) is 3.23. The second kappa shape index (κ2) is 5.48. The highest BCUT2D eigenvalue weighted by molar-refractivity contribution is 5.87. The van der Waals surface area contributed by atoms with Crippen LogP contribution in [0.2, 0.25) is 0 Å². The summed E-state index contributed by atoms with van der Waals surface area (Å²) in [4.78, 5) is 22.7. The molecule has 0 saturated heterocycles. The quantitative estimate of drug-likeness (QED) is 0.624. The molecule has 0 aliphatic carbocycles. The van der Waals surface area contributed by atoms with Gasteiger partial charge in [-0.25, -0.2) is 4.79 Å². The van der Waals surface area contributed by atoms with E-state index in [0.717, 1.165) is 10.1 Å². The number of hydrogen-bond donors (Lipinski definition) is 0. The zero-order chi connectivity index (χ0) is 13.8. The van der Waals surface area contributed by atoms with Crippen molar-refractivity contribution in [3.8, 4) is 0 Å². The van der Waals surface area contributed by atoms with E-state index in [1.807, 2.05) is 37.3 Å². The maximum atomic E-state index is 12.4. The SMILES string of the molecule is CC[C@@H](C(=O)n1cccc1[N+](=O)[O-])c1ccccc1. The van der Waals surface area contributed by atoms with Crippen molar-refractivity contribution in [2.75, 3.05) is 0 Å². The van der Waals surface area contributed by atoms with Crippen molar-refractivity contribution in [2.45, 2.75) is 19.3 Å². The fourth-order valence-corrected chi connectivity index (χ4v) is 2.11. The van der Waals surface area contributed by atoms with E-state index in [2.05, 4.69) is 0 Å². The standard InChI is InChI=1S/C14H14N2O3/c1-2-12(11-7-4-3-5-8-11)14(17)15-10-6-9-13(15)16(18)19/h3-10,12H,2H2,1H3/t12-/m1/s1. The van der Waals surface area contributed by atoms with Crippen molar-refractivity contribution in [1.29, 1.82) is 0 Å². The smallest absolute Gasteiger partial charge is 0.330 e. The van der Waals surface area contributed by atoms with Gasteiger partial charge in [0, 0.05) is 6.07 Å². The van der Waals surface area contributed by atoms with Crippen LogP contribution in [0.3, 0.4) is 0 Å². The van der Waals surface area contributed by atoms with Gasteiger partial charge in [0.2, 0.25) is 0 Å². The summed E-state index contributed by atoms with van der Waals surface area (Å²) in [5.41, 5.74) is 0.873. The molecular formula is C14H14N2O3. The van der Waals surface area contributed by atoms with Gasteiger partial charge in [-0.3, -0.25) is 0 Å². The minimum Gasteiger partial charge on any atom is -0.358 e. The number of benzene rings is 1. The summed E-state index contributed by atoms with van der Waals surface area (Å²) >= 11 is 0. The third kappa shape index (κ3) is 2.54. The van der Waals surface area contributed by atoms with Crippen molar-refractivity contribution in [2.24, 2.45) is 0 Å². The summed E-state index contributed by atoms with van der Waals surface area (Å²) in [6, 6.07) is 12.1.